The fourth-order valence-corrected chi connectivity index (χ4v) is 27.2. The molecular formula is C132H103Ir2N10-5. The van der Waals surface area contributed by atoms with Gasteiger partial charge in [-0.3, -0.25) is 12.1 Å². The molecule has 0 atom stereocenters. The first-order chi connectivity index (χ1) is 69.9. The summed E-state index contributed by atoms with van der Waals surface area (Å²) in [5, 5.41) is 0. The van der Waals surface area contributed by atoms with E-state index >= 15 is 0 Å². The summed E-state index contributed by atoms with van der Waals surface area (Å²) in [5.41, 5.74) is 50.1. The van der Waals surface area contributed by atoms with Crippen molar-refractivity contribution in [3.8, 4) is 157 Å². The number of imidazole rings is 4. The van der Waals surface area contributed by atoms with E-state index in [0.29, 0.717) is 58.7 Å². The zero-order chi connectivity index (χ0) is 93.8. The van der Waals surface area contributed by atoms with Crippen LogP contribution in [0.25, 0.3) is 201 Å². The molecule has 12 aliphatic carbocycles. The Morgan fingerprint density at radius 1 is 0.243 bits per heavy atom. The molecule has 12 heteroatoms. The second-order valence-electron chi connectivity index (χ2n) is 42.0. The Bertz CT molecular complexity index is 7830. The second-order valence-corrected chi connectivity index (χ2v) is 42.0. The number of hydrogen-bond donors (Lipinski definition) is 0. The molecule has 0 spiro atoms. The normalized spacial score (nSPS) is 18.7. The summed E-state index contributed by atoms with van der Waals surface area (Å²) in [6.07, 6.45) is 37.6. The van der Waals surface area contributed by atoms with E-state index in [4.69, 9.17) is 9.97 Å². The molecule has 4 saturated carbocycles. The molecular weight excluding hydrogens is 2110 g/mol. The van der Waals surface area contributed by atoms with Crippen LogP contribution in [0.2, 0.25) is 0 Å². The maximum atomic E-state index is 4.75. The minimum Gasteiger partial charge on any atom is -0.342 e. The van der Waals surface area contributed by atoms with Gasteiger partial charge in [-0.05, 0) is 322 Å². The van der Waals surface area contributed by atoms with Crippen LogP contribution in [0, 0.1) is 55.4 Å². The number of aryl methyl sites for hydroxylation is 4. The monoisotopic (exact) mass is 2210 g/mol. The molecule has 0 unspecified atom stereocenters. The Labute approximate surface area is 868 Å². The molecule has 5 heterocycles. The Morgan fingerprint density at radius 2 is 0.500 bits per heavy atom. The quantitative estimate of drug-likeness (QED) is 0.0715. The molecule has 2 radical (unpaired) electrons. The predicted octanol–water partition coefficient (Wildman–Crippen LogP) is 28.8. The number of rotatable bonds is 16. The van der Waals surface area contributed by atoms with E-state index in [1.807, 2.05) is 6.07 Å². The van der Waals surface area contributed by atoms with Crippen molar-refractivity contribution < 1.29 is 58.5 Å². The van der Waals surface area contributed by atoms with Crippen molar-refractivity contribution in [1.82, 2.24) is 28.2 Å². The summed E-state index contributed by atoms with van der Waals surface area (Å²) in [6, 6.07) is 133. The number of fused-ring (bicyclic) bond motifs is 12. The third-order valence-electron chi connectivity index (χ3n) is 34.4. The van der Waals surface area contributed by atoms with Crippen LogP contribution in [-0.2, 0) is 68.4 Å². The average molecular weight is 2210 g/mol. The van der Waals surface area contributed by atoms with Crippen LogP contribution in [0.5, 0.6) is 0 Å². The summed E-state index contributed by atoms with van der Waals surface area (Å²) in [6.45, 7) is 0. The Balaban J connectivity index is 0.00000516. The summed E-state index contributed by atoms with van der Waals surface area (Å²) in [7, 11) is 8.61. The first kappa shape index (κ1) is 88.7. The van der Waals surface area contributed by atoms with E-state index < -0.39 is 0 Å². The molecule has 4 fully saturated rings. The first-order valence-electron chi connectivity index (χ1n) is 51.5. The molecule has 0 N–H and O–H groups in total. The molecule has 12 aliphatic rings. The van der Waals surface area contributed by atoms with Crippen LogP contribution < -0.4 is 18.3 Å². The molecule has 0 amide bonds. The zero-order valence-electron chi connectivity index (χ0n) is 81.0. The van der Waals surface area contributed by atoms with Gasteiger partial charge in [-0.2, -0.15) is 90.5 Å². The summed E-state index contributed by atoms with van der Waals surface area (Å²) < 4.78 is 17.9. The van der Waals surface area contributed by atoms with Crippen molar-refractivity contribution in [3.63, 3.8) is 0 Å². The second kappa shape index (κ2) is 35.4. The fraction of sp³-hybridized carbons (Fsp3) is 0.212. The van der Waals surface area contributed by atoms with Crippen LogP contribution in [0.3, 0.4) is 0 Å². The third-order valence-corrected chi connectivity index (χ3v) is 34.4. The molecule has 33 rings (SSSR count). The number of aromatic nitrogens is 10. The van der Waals surface area contributed by atoms with Crippen molar-refractivity contribution in [3.05, 3.63) is 410 Å². The van der Waals surface area contributed by atoms with Crippen molar-refractivity contribution in [2.75, 3.05) is 0 Å². The smallest absolute Gasteiger partial charge is 0.247 e. The van der Waals surface area contributed by atoms with Crippen molar-refractivity contribution in [2.45, 2.75) is 150 Å². The Hall–Kier alpha value is -14.2. The van der Waals surface area contributed by atoms with Gasteiger partial charge in [0.1, 0.15) is 0 Å². The molecule has 704 valence electrons. The fourth-order valence-electron chi connectivity index (χ4n) is 27.2. The predicted molar refractivity (Wildman–Crippen MR) is 565 cm³/mol. The standard InChI is InChI=1S/C132H103N10.2Ir/c1-135-77-139(127-73-119-89-33-25-85(26-34-89)115(119)69-123(127)135)101-53-45-81(46-54-101)105-15-5-9-19-109(105)95-63-96(110-20-10-6-16-106(110)82-47-55-102(56-48-82)140-78-136(2)124-70-116-86-27-35-90(36-28-86)120(116)74-128(124)140)66-99(65-95)113-23-13-24-114(131(113)93-41-43-94(44-42-93)132-133-61-14-62-134-132)100-67-97(111-21-11-7-17-107(111)83-49-57-103(58-50-83)141-79-137(3)125-71-117-87-29-37-91(38-30-87)121(117)75-129(125)141)64-98(68-100)112-22-12-8-18-108(112)84-51-59-104(60-52-84)142-80-138(4)126-72-118-88-31-39-92(40-32-88)122(118)76-130(126)142;;/h5-24,41-42,45-53,55,57,59,61-77,85-92H,25-40H2,1-4H3;;/q-5;;. The summed E-state index contributed by atoms with van der Waals surface area (Å²) in [5.74, 6) is 5.66. The van der Waals surface area contributed by atoms with Gasteiger partial charge in [0.05, 0.1) is 61.3 Å². The minimum atomic E-state index is 0. The van der Waals surface area contributed by atoms with Crippen LogP contribution in [-0.4, -0.2) is 28.2 Å². The van der Waals surface area contributed by atoms with E-state index in [9.17, 15) is 0 Å². The number of nitrogens with zero attached hydrogens (tertiary/aromatic N) is 10. The van der Waals surface area contributed by atoms with E-state index in [0.717, 1.165) is 145 Å². The van der Waals surface area contributed by atoms with Gasteiger partial charge in [0, 0.05) is 58.3 Å². The SMILES string of the molecule is C[n+]1[c-]n(-c2[c-]cc(-c3ccccc3-c3cc(-c4ccccc4-c4c[c-]c(-n5[c-][n+](C)c6cc7c(cc65)C5CCC7CC5)cc4)cc(-c4cccc(-c5cc(-c6ccccc6-c6c[c-]c(-n7[c-][n+](C)c8cc9c(cc87)C7CCC9CC7)cc6)cc(-c6ccccc6-c6c[c-]c(-n7c[n+](C)c8cc9c(cc87)C7CCC9CC7)cc6)c5)c4-c4c[c-]c(-c5ncccn5)[c-]c4)c3)cc2)c2cc3c(cc21)C1CCC3CC1.[Ir].[Ir]. The van der Waals surface area contributed by atoms with Crippen molar-refractivity contribution in [2.24, 2.45) is 28.2 Å². The van der Waals surface area contributed by atoms with Gasteiger partial charge in [0.15, 0.2) is 11.0 Å². The largest absolute Gasteiger partial charge is 0.342 e. The van der Waals surface area contributed by atoms with Crippen LogP contribution in [0.15, 0.2) is 310 Å². The molecule has 8 bridgehead atoms. The van der Waals surface area contributed by atoms with Gasteiger partial charge in [0.2, 0.25) is 25.3 Å². The molecule has 21 aromatic rings. The molecule has 0 saturated heterocycles. The maximum Gasteiger partial charge on any atom is 0.247 e. The van der Waals surface area contributed by atoms with Crippen molar-refractivity contribution >= 4 is 44.1 Å². The van der Waals surface area contributed by atoms with E-state index in [1.165, 1.54) is 164 Å². The van der Waals surface area contributed by atoms with Gasteiger partial charge in [0.25, 0.3) is 0 Å². The topological polar surface area (TPSA) is 61.0 Å². The minimum absolute atomic E-state index is 0. The van der Waals surface area contributed by atoms with Crippen molar-refractivity contribution in [1.29, 1.82) is 0 Å². The molecule has 10 nitrogen and oxygen atoms in total. The van der Waals surface area contributed by atoms with Gasteiger partial charge in [-0.15, -0.1) is 34.4 Å². The van der Waals surface area contributed by atoms with E-state index in [-0.39, 0.29) is 40.2 Å². The summed E-state index contributed by atoms with van der Waals surface area (Å²) in [4.78, 5) is 9.51. The van der Waals surface area contributed by atoms with Crippen LogP contribution in [0.1, 0.15) is 195 Å². The third kappa shape index (κ3) is 14.7. The Kier molecular flexibility index (Phi) is 21.8. The first-order valence-corrected chi connectivity index (χ1v) is 51.5. The molecule has 16 aromatic carbocycles. The number of hydrogen-bond acceptors (Lipinski definition) is 2. The van der Waals surface area contributed by atoms with Gasteiger partial charge in [-0.25, -0.2) is 26.8 Å². The average Bonchev–Trinajstić information content (AvgIpc) is 1.60. The van der Waals surface area contributed by atoms with Crippen LogP contribution >= 0.6 is 0 Å². The molecule has 144 heavy (non-hydrogen) atoms. The van der Waals surface area contributed by atoms with Gasteiger partial charge >= 0.3 is 0 Å². The van der Waals surface area contributed by atoms with E-state index in [1.54, 1.807) is 40.2 Å². The summed E-state index contributed by atoms with van der Waals surface area (Å²) >= 11 is 0. The molecule has 5 aromatic heterocycles. The van der Waals surface area contributed by atoms with Gasteiger partial charge < -0.3 is 37.4 Å². The van der Waals surface area contributed by atoms with Gasteiger partial charge in [-0.1, -0.05) is 197 Å². The van der Waals surface area contributed by atoms with Crippen LogP contribution in [0.4, 0.5) is 0 Å². The zero-order valence-corrected chi connectivity index (χ0v) is 85.8. The number of benzene rings is 16. The maximum absolute atomic E-state index is 4.75. The van der Waals surface area contributed by atoms with E-state index in [2.05, 4.69) is 412 Å². The Morgan fingerprint density at radius 3 is 0.799 bits per heavy atom. The molecule has 0 aliphatic heterocycles.